The molecule has 0 radical (unpaired) electrons. The third kappa shape index (κ3) is 5.84. The maximum absolute atomic E-state index is 13.2. The zero-order valence-corrected chi connectivity index (χ0v) is 21.8. The summed E-state index contributed by atoms with van der Waals surface area (Å²) in [6.45, 7) is 3.32. The summed E-state index contributed by atoms with van der Waals surface area (Å²) in [4.78, 5) is 27.6. The first kappa shape index (κ1) is 25.4. The number of amides is 2. The highest BCUT2D eigenvalue weighted by molar-refractivity contribution is 8.18. The minimum absolute atomic E-state index is 0.228. The molecule has 0 saturated carbocycles. The van der Waals surface area contributed by atoms with Gasteiger partial charge in [-0.15, -0.1) is 0 Å². The van der Waals surface area contributed by atoms with E-state index in [1.165, 1.54) is 4.90 Å². The van der Waals surface area contributed by atoms with Gasteiger partial charge >= 0.3 is 0 Å². The lowest BCUT2D eigenvalue weighted by atomic mass is 10.0. The van der Waals surface area contributed by atoms with E-state index >= 15 is 0 Å². The fraction of sp³-hybridized carbons (Fsp3) is 0.161. The van der Waals surface area contributed by atoms with Crippen LogP contribution in [0.1, 0.15) is 18.1 Å². The molecule has 0 N–H and O–H groups in total. The monoisotopic (exact) mass is 525 g/mol. The molecule has 6 nitrogen and oxygen atoms in total. The highest BCUT2D eigenvalue weighted by Gasteiger charge is 2.35. The number of fused-ring (bicyclic) bond motifs is 1. The lowest BCUT2D eigenvalue weighted by molar-refractivity contribution is -0.123. The van der Waals surface area contributed by atoms with Crippen molar-refractivity contribution in [3.8, 4) is 17.2 Å². The van der Waals surface area contributed by atoms with Gasteiger partial charge in [0.05, 0.1) is 18.1 Å². The topological polar surface area (TPSA) is 65.1 Å². The predicted molar refractivity (Wildman–Crippen MR) is 151 cm³/mol. The van der Waals surface area contributed by atoms with Crippen LogP contribution in [0.25, 0.3) is 16.8 Å². The third-order valence-corrected chi connectivity index (χ3v) is 6.91. The molecule has 192 valence electrons. The van der Waals surface area contributed by atoms with Gasteiger partial charge in [0.1, 0.15) is 19.0 Å². The number of thioether (sulfide) groups is 1. The molecule has 0 atom stereocenters. The van der Waals surface area contributed by atoms with Crippen LogP contribution in [0.2, 0.25) is 0 Å². The highest BCUT2D eigenvalue weighted by Crippen LogP contribution is 2.36. The molecular formula is C31H27NO5S. The number of benzene rings is 4. The van der Waals surface area contributed by atoms with E-state index in [-0.39, 0.29) is 17.7 Å². The average Bonchev–Trinajstić information content (AvgIpc) is 3.20. The molecule has 4 aromatic carbocycles. The minimum atomic E-state index is -0.302. The average molecular weight is 526 g/mol. The van der Waals surface area contributed by atoms with Crippen molar-refractivity contribution in [3.05, 3.63) is 107 Å². The van der Waals surface area contributed by atoms with Crippen LogP contribution in [0.15, 0.2) is 95.9 Å². The Morgan fingerprint density at radius 2 is 1.55 bits per heavy atom. The van der Waals surface area contributed by atoms with Gasteiger partial charge in [-0.25, -0.2) is 0 Å². The number of hydrogen-bond donors (Lipinski definition) is 0. The van der Waals surface area contributed by atoms with Crippen LogP contribution >= 0.6 is 11.8 Å². The summed E-state index contributed by atoms with van der Waals surface area (Å²) in [5, 5.41) is 1.83. The molecule has 1 saturated heterocycles. The molecule has 0 aromatic heterocycles. The number of ether oxygens (including phenoxy) is 3. The summed E-state index contributed by atoms with van der Waals surface area (Å²) in [5.74, 6) is 1.64. The molecule has 0 bridgehead atoms. The molecule has 0 unspecified atom stereocenters. The van der Waals surface area contributed by atoms with Gasteiger partial charge in [0.2, 0.25) is 0 Å². The second-order valence-electron chi connectivity index (χ2n) is 8.56. The van der Waals surface area contributed by atoms with Crippen molar-refractivity contribution >= 4 is 39.8 Å². The first-order valence-electron chi connectivity index (χ1n) is 12.4. The second-order valence-corrected chi connectivity index (χ2v) is 9.55. The molecule has 1 aliphatic rings. The number of imide groups is 1. The Balaban J connectivity index is 1.28. The van der Waals surface area contributed by atoms with Crippen LogP contribution in [0.4, 0.5) is 4.79 Å². The van der Waals surface area contributed by atoms with Gasteiger partial charge in [-0.1, -0.05) is 66.7 Å². The zero-order valence-electron chi connectivity index (χ0n) is 21.0. The maximum atomic E-state index is 13.2. The van der Waals surface area contributed by atoms with Crippen LogP contribution in [-0.2, 0) is 11.3 Å². The summed E-state index contributed by atoms with van der Waals surface area (Å²) in [6, 6.07) is 28.9. The lowest BCUT2D eigenvalue weighted by Gasteiger charge is -2.14. The SMILES string of the molecule is CCOc1cc(/C=C2\SC(=O)N(Cc3cccc4ccccc34)C2=O)ccc1OCCOc1ccccc1. The van der Waals surface area contributed by atoms with Crippen molar-refractivity contribution in [3.63, 3.8) is 0 Å². The Labute approximate surface area is 225 Å². The maximum Gasteiger partial charge on any atom is 0.293 e. The Hall–Kier alpha value is -4.23. The van der Waals surface area contributed by atoms with E-state index in [0.717, 1.165) is 39.4 Å². The van der Waals surface area contributed by atoms with Crippen LogP contribution in [0, 0.1) is 0 Å². The van der Waals surface area contributed by atoms with Gasteiger partial charge in [0.15, 0.2) is 11.5 Å². The van der Waals surface area contributed by atoms with Crippen molar-refractivity contribution in [1.82, 2.24) is 4.90 Å². The fourth-order valence-corrected chi connectivity index (χ4v) is 5.06. The van der Waals surface area contributed by atoms with Gasteiger partial charge in [0, 0.05) is 0 Å². The first-order valence-corrected chi connectivity index (χ1v) is 13.2. The molecule has 0 aliphatic carbocycles. The Kier molecular flexibility index (Phi) is 7.95. The smallest absolute Gasteiger partial charge is 0.293 e. The Bertz CT molecular complexity index is 1480. The van der Waals surface area contributed by atoms with Crippen LogP contribution in [0.3, 0.4) is 0 Å². The largest absolute Gasteiger partial charge is 0.490 e. The third-order valence-electron chi connectivity index (χ3n) is 6.00. The highest BCUT2D eigenvalue weighted by atomic mass is 32.2. The van der Waals surface area contributed by atoms with Crippen LogP contribution in [0.5, 0.6) is 17.2 Å². The minimum Gasteiger partial charge on any atom is -0.490 e. The number of nitrogens with zero attached hydrogens (tertiary/aromatic N) is 1. The summed E-state index contributed by atoms with van der Waals surface area (Å²) in [7, 11) is 0. The van der Waals surface area contributed by atoms with E-state index in [1.54, 1.807) is 12.1 Å². The molecule has 0 spiro atoms. The standard InChI is InChI=1S/C31H27NO5S/c1-2-35-28-19-22(15-16-27(28)37-18-17-36-25-12-4-3-5-13-25)20-29-30(33)32(31(34)38-29)21-24-11-8-10-23-9-6-7-14-26(23)24/h3-16,19-20H,2,17-18,21H2,1H3/b29-20-. The fourth-order valence-electron chi connectivity index (χ4n) is 4.22. The lowest BCUT2D eigenvalue weighted by Crippen LogP contribution is -2.27. The Morgan fingerprint density at radius 3 is 2.39 bits per heavy atom. The van der Waals surface area contributed by atoms with Crippen molar-refractivity contribution in [1.29, 1.82) is 0 Å². The predicted octanol–water partition coefficient (Wildman–Crippen LogP) is 6.93. The molecule has 5 rings (SSSR count). The number of carbonyl (C=O) groups excluding carboxylic acids is 2. The second kappa shape index (κ2) is 11.9. The molecule has 7 heteroatoms. The van der Waals surface area contributed by atoms with Crippen molar-refractivity contribution < 1.29 is 23.8 Å². The molecule has 1 aliphatic heterocycles. The molecular weight excluding hydrogens is 498 g/mol. The number of para-hydroxylation sites is 1. The number of carbonyl (C=O) groups is 2. The summed E-state index contributed by atoms with van der Waals surface area (Å²) in [6.07, 6.45) is 1.72. The van der Waals surface area contributed by atoms with Crippen molar-refractivity contribution in [2.24, 2.45) is 0 Å². The van der Waals surface area contributed by atoms with Gasteiger partial charge in [0.25, 0.3) is 11.1 Å². The van der Waals surface area contributed by atoms with E-state index in [4.69, 9.17) is 14.2 Å². The summed E-state index contributed by atoms with van der Waals surface area (Å²) >= 11 is 0.949. The number of rotatable bonds is 10. The summed E-state index contributed by atoms with van der Waals surface area (Å²) in [5.41, 5.74) is 1.68. The van der Waals surface area contributed by atoms with Crippen LogP contribution in [-0.4, -0.2) is 35.9 Å². The van der Waals surface area contributed by atoms with Gasteiger partial charge in [-0.2, -0.15) is 0 Å². The van der Waals surface area contributed by atoms with Crippen molar-refractivity contribution in [2.45, 2.75) is 13.5 Å². The van der Waals surface area contributed by atoms with Crippen LogP contribution < -0.4 is 14.2 Å². The van der Waals surface area contributed by atoms with E-state index in [2.05, 4.69) is 0 Å². The first-order chi connectivity index (χ1) is 18.6. The van der Waals surface area contributed by atoms with Gasteiger partial charge < -0.3 is 14.2 Å². The quantitative estimate of drug-likeness (QED) is 0.165. The van der Waals surface area contributed by atoms with E-state index < -0.39 is 0 Å². The normalized spacial score (nSPS) is 14.3. The molecule has 2 amide bonds. The molecule has 38 heavy (non-hydrogen) atoms. The molecule has 4 aromatic rings. The number of hydrogen-bond acceptors (Lipinski definition) is 6. The molecule has 1 fully saturated rings. The van der Waals surface area contributed by atoms with Crippen molar-refractivity contribution in [2.75, 3.05) is 19.8 Å². The summed E-state index contributed by atoms with van der Waals surface area (Å²) < 4.78 is 17.4. The molecule has 1 heterocycles. The van der Waals surface area contributed by atoms with E-state index in [0.29, 0.717) is 36.2 Å². The Morgan fingerprint density at radius 1 is 0.789 bits per heavy atom. The van der Waals surface area contributed by atoms with E-state index in [1.807, 2.05) is 91.9 Å². The van der Waals surface area contributed by atoms with Gasteiger partial charge in [-0.3, -0.25) is 14.5 Å². The zero-order chi connectivity index (χ0) is 26.3. The van der Waals surface area contributed by atoms with Gasteiger partial charge in [-0.05, 0) is 70.9 Å². The van der Waals surface area contributed by atoms with E-state index in [9.17, 15) is 9.59 Å².